The lowest BCUT2D eigenvalue weighted by Gasteiger charge is -2.14. The van der Waals surface area contributed by atoms with Crippen molar-refractivity contribution < 1.29 is 24.0 Å². The number of carbonyl (C=O) groups is 4. The average molecular weight is 307 g/mol. The fourth-order valence-electron chi connectivity index (χ4n) is 1.15. The highest BCUT2D eigenvalue weighted by molar-refractivity contribution is 9.07. The molecule has 7 nitrogen and oxygen atoms in total. The minimum Gasteiger partial charge on any atom is -0.330 e. The molecule has 8 heteroatoms. The zero-order valence-corrected chi connectivity index (χ0v) is 10.7. The highest BCUT2D eigenvalue weighted by Gasteiger charge is 2.32. The Morgan fingerprint density at radius 2 is 1.88 bits per heavy atom. The summed E-state index contributed by atoms with van der Waals surface area (Å²) in [5, 5.41) is 0.481. The van der Waals surface area contributed by atoms with Crippen molar-refractivity contribution in [1.82, 2.24) is 8.99 Å². The van der Waals surface area contributed by atoms with Crippen LogP contribution in [-0.4, -0.2) is 39.2 Å². The molecule has 0 spiro atoms. The van der Waals surface area contributed by atoms with Crippen LogP contribution in [0.3, 0.4) is 0 Å². The van der Waals surface area contributed by atoms with Gasteiger partial charge in [0.25, 0.3) is 11.8 Å². The molecule has 1 aliphatic heterocycles. The van der Waals surface area contributed by atoms with Crippen molar-refractivity contribution >= 4 is 39.8 Å². The van der Waals surface area contributed by atoms with E-state index in [1.165, 1.54) is 6.92 Å². The molecule has 94 valence electrons. The van der Waals surface area contributed by atoms with Crippen LogP contribution < -0.4 is 0 Å². The molecule has 1 saturated heterocycles. The van der Waals surface area contributed by atoms with Crippen LogP contribution in [0.15, 0.2) is 0 Å². The molecule has 0 atom stereocenters. The summed E-state index contributed by atoms with van der Waals surface area (Å²) in [5.41, 5.74) is 0. The van der Waals surface area contributed by atoms with Crippen molar-refractivity contribution in [2.24, 2.45) is 0 Å². The van der Waals surface area contributed by atoms with Crippen molar-refractivity contribution in [3.63, 3.8) is 0 Å². The van der Waals surface area contributed by atoms with E-state index in [4.69, 9.17) is 0 Å². The third kappa shape index (κ3) is 3.81. The monoisotopic (exact) mass is 306 g/mol. The molecule has 1 aliphatic rings. The average Bonchev–Trinajstić information content (AvgIpc) is 2.57. The number of imide groups is 1. The Balaban J connectivity index is 2.37. The predicted molar refractivity (Wildman–Crippen MR) is 58.1 cm³/mol. The molecular weight excluding hydrogens is 296 g/mol. The fraction of sp³-hybridized carbons (Fsp3) is 0.556. The maximum absolute atomic E-state index is 11.3. The normalized spacial score (nSPS) is 15.1. The molecule has 3 amide bonds. The van der Waals surface area contributed by atoms with E-state index in [1.54, 1.807) is 0 Å². The predicted octanol–water partition coefficient (Wildman–Crippen LogP) is 0.142. The summed E-state index contributed by atoms with van der Waals surface area (Å²) in [6, 6.07) is 0. The number of hydrogen-bond donors (Lipinski definition) is 0. The lowest BCUT2D eigenvalue weighted by Crippen LogP contribution is -2.33. The zero-order valence-electron chi connectivity index (χ0n) is 9.14. The van der Waals surface area contributed by atoms with Gasteiger partial charge >= 0.3 is 5.97 Å². The van der Waals surface area contributed by atoms with E-state index in [1.807, 2.05) is 0 Å². The number of halogens is 1. The minimum absolute atomic E-state index is 0.0597. The summed E-state index contributed by atoms with van der Waals surface area (Å²) >= 11 is 2.94. The quantitative estimate of drug-likeness (QED) is 0.545. The van der Waals surface area contributed by atoms with Gasteiger partial charge in [-0.3, -0.25) is 18.3 Å². The molecule has 17 heavy (non-hydrogen) atoms. The molecular formula is C9H11BrN2O5. The Kier molecular flexibility index (Phi) is 4.62. The van der Waals surface area contributed by atoms with Crippen molar-refractivity contribution in [2.75, 3.05) is 6.54 Å². The van der Waals surface area contributed by atoms with E-state index >= 15 is 0 Å². The number of rotatable bonds is 4. The van der Waals surface area contributed by atoms with Crippen LogP contribution in [0.2, 0.25) is 0 Å². The molecule has 1 fully saturated rings. The summed E-state index contributed by atoms with van der Waals surface area (Å²) in [5.74, 6) is -2.04. The van der Waals surface area contributed by atoms with E-state index in [-0.39, 0.29) is 31.7 Å². The van der Waals surface area contributed by atoms with Gasteiger partial charge in [0.15, 0.2) is 0 Å². The standard InChI is InChI=1S/C9H11BrN2O5/c1-6(13)11(10)5-4-9(16)17-12-7(14)2-3-8(12)15/h2-5H2,1H3. The van der Waals surface area contributed by atoms with E-state index < -0.39 is 17.8 Å². The first-order chi connectivity index (χ1) is 7.91. The van der Waals surface area contributed by atoms with E-state index in [0.29, 0.717) is 5.06 Å². The molecule has 1 rings (SSSR count). The molecule has 0 bridgehead atoms. The van der Waals surface area contributed by atoms with Crippen LogP contribution in [0.25, 0.3) is 0 Å². The van der Waals surface area contributed by atoms with Crippen molar-refractivity contribution in [2.45, 2.75) is 26.2 Å². The van der Waals surface area contributed by atoms with Crippen molar-refractivity contribution in [3.8, 4) is 0 Å². The van der Waals surface area contributed by atoms with Crippen LogP contribution >= 0.6 is 16.1 Å². The van der Waals surface area contributed by atoms with Crippen molar-refractivity contribution in [3.05, 3.63) is 0 Å². The van der Waals surface area contributed by atoms with Gasteiger partial charge in [0, 0.05) is 26.3 Å². The Morgan fingerprint density at radius 1 is 1.35 bits per heavy atom. The second-order valence-corrected chi connectivity index (χ2v) is 4.26. The van der Waals surface area contributed by atoms with Gasteiger partial charge in [-0.2, -0.15) is 0 Å². The SMILES string of the molecule is CC(=O)N(Br)CCC(=O)ON1C(=O)CCC1=O. The summed E-state index contributed by atoms with van der Waals surface area (Å²) in [7, 11) is 0. The maximum Gasteiger partial charge on any atom is 0.335 e. The van der Waals surface area contributed by atoms with Crippen LogP contribution in [-0.2, 0) is 24.0 Å². The van der Waals surface area contributed by atoms with Gasteiger partial charge in [0.1, 0.15) is 0 Å². The van der Waals surface area contributed by atoms with E-state index in [9.17, 15) is 19.2 Å². The summed E-state index contributed by atoms with van der Waals surface area (Å²) in [6.45, 7) is 1.43. The highest BCUT2D eigenvalue weighted by atomic mass is 79.9. The topological polar surface area (TPSA) is 84.0 Å². The molecule has 0 unspecified atom stereocenters. The van der Waals surface area contributed by atoms with Crippen LogP contribution in [0.4, 0.5) is 0 Å². The van der Waals surface area contributed by atoms with Gasteiger partial charge in [0.05, 0.1) is 22.6 Å². The minimum atomic E-state index is -0.737. The van der Waals surface area contributed by atoms with Crippen LogP contribution in [0.1, 0.15) is 26.2 Å². The zero-order chi connectivity index (χ0) is 13.0. The van der Waals surface area contributed by atoms with Crippen LogP contribution in [0, 0.1) is 0 Å². The number of hydrogen-bond acceptors (Lipinski definition) is 5. The summed E-state index contributed by atoms with van der Waals surface area (Å²) in [4.78, 5) is 48.9. The number of hydroxylamine groups is 2. The third-order valence-corrected chi connectivity index (χ3v) is 2.91. The van der Waals surface area contributed by atoms with Crippen LogP contribution in [0.5, 0.6) is 0 Å². The number of amides is 3. The Bertz CT molecular complexity index is 354. The summed E-state index contributed by atoms with van der Waals surface area (Å²) < 4.78 is 1.15. The van der Waals surface area contributed by atoms with Gasteiger partial charge in [-0.15, -0.1) is 5.06 Å². The van der Waals surface area contributed by atoms with Gasteiger partial charge < -0.3 is 4.84 Å². The molecule has 0 saturated carbocycles. The second kappa shape index (κ2) is 5.76. The molecule has 0 radical (unpaired) electrons. The van der Waals surface area contributed by atoms with Gasteiger partial charge in [-0.1, -0.05) is 0 Å². The molecule has 0 N–H and O–H groups in total. The number of carbonyl (C=O) groups excluding carboxylic acids is 4. The van der Waals surface area contributed by atoms with Crippen molar-refractivity contribution in [1.29, 1.82) is 0 Å². The lowest BCUT2D eigenvalue weighted by molar-refractivity contribution is -0.197. The molecule has 0 aromatic rings. The lowest BCUT2D eigenvalue weighted by atomic mass is 10.4. The van der Waals surface area contributed by atoms with E-state index in [0.717, 1.165) is 3.93 Å². The first-order valence-electron chi connectivity index (χ1n) is 4.92. The smallest absolute Gasteiger partial charge is 0.330 e. The highest BCUT2D eigenvalue weighted by Crippen LogP contribution is 2.12. The third-order valence-electron chi connectivity index (χ3n) is 2.05. The number of nitrogens with zero attached hydrogens (tertiary/aromatic N) is 2. The van der Waals surface area contributed by atoms with Gasteiger partial charge in [-0.05, 0) is 0 Å². The molecule has 0 aliphatic carbocycles. The fourth-order valence-corrected chi connectivity index (χ4v) is 1.33. The maximum atomic E-state index is 11.3. The first kappa shape index (κ1) is 13.6. The molecule has 1 heterocycles. The summed E-state index contributed by atoms with van der Waals surface area (Å²) in [6.07, 6.45) is 0.0101. The molecule has 0 aromatic heterocycles. The Hall–Kier alpha value is -1.44. The van der Waals surface area contributed by atoms with E-state index in [2.05, 4.69) is 21.0 Å². The Morgan fingerprint density at radius 3 is 2.35 bits per heavy atom. The second-order valence-electron chi connectivity index (χ2n) is 3.40. The Labute approximate surface area is 106 Å². The largest absolute Gasteiger partial charge is 0.335 e. The van der Waals surface area contributed by atoms with Gasteiger partial charge in [0.2, 0.25) is 5.91 Å². The van der Waals surface area contributed by atoms with Gasteiger partial charge in [-0.25, -0.2) is 4.79 Å². The first-order valence-corrected chi connectivity index (χ1v) is 5.63. The molecule has 0 aromatic carbocycles.